The molecule has 1 heterocycles. The van der Waals surface area contributed by atoms with Crippen LogP contribution < -0.4 is 15.0 Å². The highest BCUT2D eigenvalue weighted by molar-refractivity contribution is 5.80. The highest BCUT2D eigenvalue weighted by Crippen LogP contribution is 2.36. The number of aliphatic carboxylic acids is 1. The Kier molecular flexibility index (Phi) is 4.65. The maximum absolute atomic E-state index is 12.3. The summed E-state index contributed by atoms with van der Waals surface area (Å²) in [5.41, 5.74) is 0.703. The lowest BCUT2D eigenvalue weighted by molar-refractivity contribution is -0.139. The van der Waals surface area contributed by atoms with Gasteiger partial charge >= 0.3 is 5.97 Å². The molecule has 2 N–H and O–H groups in total. The molecule has 0 atom stereocenters. The quantitative estimate of drug-likeness (QED) is 0.715. The van der Waals surface area contributed by atoms with Gasteiger partial charge in [-0.3, -0.25) is 4.79 Å². The minimum atomic E-state index is -1.11. The molecule has 0 fully saturated rings. The second kappa shape index (κ2) is 7.04. The van der Waals surface area contributed by atoms with E-state index in [0.717, 1.165) is 0 Å². The number of benzene rings is 2. The van der Waals surface area contributed by atoms with Gasteiger partial charge in [0.15, 0.2) is 18.1 Å². The minimum Gasteiger partial charge on any atom is -0.490 e. The Bertz CT molecular complexity index is 981. The van der Waals surface area contributed by atoms with Crippen molar-refractivity contribution in [1.82, 2.24) is 9.97 Å². The zero-order valence-electron chi connectivity index (χ0n) is 13.5. The number of carbonyl (C=O) groups is 1. The number of carboxylic acid groups (broad SMARTS) is 1. The number of ether oxygens (including phenoxy) is 2. The van der Waals surface area contributed by atoms with Crippen LogP contribution >= 0.6 is 0 Å². The second-order valence-corrected chi connectivity index (χ2v) is 5.18. The van der Waals surface area contributed by atoms with E-state index in [9.17, 15) is 9.59 Å². The molecule has 7 nitrogen and oxygen atoms in total. The topological polar surface area (TPSA) is 102 Å². The molecule has 1 aromatic heterocycles. The van der Waals surface area contributed by atoms with Crippen molar-refractivity contribution in [3.05, 3.63) is 52.8 Å². The van der Waals surface area contributed by atoms with Gasteiger partial charge in [0.05, 0.1) is 23.1 Å². The van der Waals surface area contributed by atoms with Gasteiger partial charge in [0.2, 0.25) is 0 Å². The van der Waals surface area contributed by atoms with E-state index in [2.05, 4.69) is 9.97 Å². The fraction of sp³-hybridized carbons (Fsp3) is 0.167. The molecular weight excluding hydrogens is 324 g/mol. The lowest BCUT2D eigenvalue weighted by atomic mass is 10.1. The van der Waals surface area contributed by atoms with Crippen molar-refractivity contribution in [3.63, 3.8) is 0 Å². The number of H-pyrrole nitrogens is 1. The van der Waals surface area contributed by atoms with Crippen LogP contribution in [0.5, 0.6) is 11.5 Å². The Morgan fingerprint density at radius 1 is 1.16 bits per heavy atom. The van der Waals surface area contributed by atoms with Crippen molar-refractivity contribution in [2.75, 3.05) is 13.2 Å². The second-order valence-electron chi connectivity index (χ2n) is 5.18. The monoisotopic (exact) mass is 340 g/mol. The first kappa shape index (κ1) is 16.5. The Morgan fingerprint density at radius 3 is 2.72 bits per heavy atom. The summed E-state index contributed by atoms with van der Waals surface area (Å²) in [7, 11) is 0. The molecule has 0 amide bonds. The first-order valence-electron chi connectivity index (χ1n) is 7.70. The summed E-state index contributed by atoms with van der Waals surface area (Å²) in [4.78, 5) is 30.3. The van der Waals surface area contributed by atoms with Gasteiger partial charge in [-0.2, -0.15) is 0 Å². The molecule has 0 aliphatic rings. The summed E-state index contributed by atoms with van der Waals surface area (Å²) in [6.07, 6.45) is 0. The Labute approximate surface area is 142 Å². The van der Waals surface area contributed by atoms with Crippen LogP contribution in [0.4, 0.5) is 0 Å². The molecule has 0 aliphatic heterocycles. The molecular formula is C18H16N2O5. The number of fused-ring (bicyclic) bond motifs is 1. The Morgan fingerprint density at radius 2 is 1.96 bits per heavy atom. The van der Waals surface area contributed by atoms with Gasteiger partial charge in [0.1, 0.15) is 5.82 Å². The van der Waals surface area contributed by atoms with Crippen molar-refractivity contribution in [1.29, 1.82) is 0 Å². The van der Waals surface area contributed by atoms with Gasteiger partial charge in [-0.05, 0) is 31.2 Å². The van der Waals surface area contributed by atoms with Gasteiger partial charge in [-0.15, -0.1) is 0 Å². The van der Waals surface area contributed by atoms with Crippen LogP contribution in [0.2, 0.25) is 0 Å². The van der Waals surface area contributed by atoms with E-state index >= 15 is 0 Å². The number of carboxylic acids is 1. The van der Waals surface area contributed by atoms with Crippen molar-refractivity contribution < 1.29 is 19.4 Å². The number of para-hydroxylation sites is 2. The number of aromatic amines is 1. The van der Waals surface area contributed by atoms with E-state index < -0.39 is 12.6 Å². The maximum atomic E-state index is 12.3. The van der Waals surface area contributed by atoms with Crippen molar-refractivity contribution in [2.45, 2.75) is 6.92 Å². The number of rotatable bonds is 6. The average Bonchev–Trinajstić information content (AvgIpc) is 2.60. The summed E-state index contributed by atoms with van der Waals surface area (Å²) in [5.74, 6) is -0.218. The largest absolute Gasteiger partial charge is 0.490 e. The molecule has 0 radical (unpaired) electrons. The summed E-state index contributed by atoms with van der Waals surface area (Å²) in [5, 5.41) is 9.38. The molecule has 0 spiro atoms. The number of nitrogens with zero attached hydrogens (tertiary/aromatic N) is 1. The predicted molar refractivity (Wildman–Crippen MR) is 92.1 cm³/mol. The molecule has 7 heteroatoms. The van der Waals surface area contributed by atoms with Gasteiger partial charge in [-0.25, -0.2) is 9.78 Å². The molecule has 0 unspecified atom stereocenters. The molecule has 25 heavy (non-hydrogen) atoms. The van der Waals surface area contributed by atoms with Crippen LogP contribution in [0, 0.1) is 0 Å². The molecule has 0 bridgehead atoms. The third kappa shape index (κ3) is 3.45. The van der Waals surface area contributed by atoms with E-state index in [1.807, 2.05) is 6.92 Å². The van der Waals surface area contributed by atoms with Crippen molar-refractivity contribution >= 4 is 16.9 Å². The van der Waals surface area contributed by atoms with Crippen LogP contribution in [0.25, 0.3) is 22.3 Å². The van der Waals surface area contributed by atoms with Gasteiger partial charge in [0, 0.05) is 0 Å². The summed E-state index contributed by atoms with van der Waals surface area (Å²) in [6.45, 7) is 1.66. The van der Waals surface area contributed by atoms with E-state index in [1.54, 1.807) is 42.5 Å². The van der Waals surface area contributed by atoms with Crippen LogP contribution in [0.1, 0.15) is 6.92 Å². The van der Waals surface area contributed by atoms with Crippen molar-refractivity contribution in [2.24, 2.45) is 0 Å². The third-order valence-corrected chi connectivity index (χ3v) is 3.49. The SMILES string of the molecule is CCOc1cccc(-c2nc3ccccc3c(=O)[nH]2)c1OCC(=O)O. The van der Waals surface area contributed by atoms with Gasteiger partial charge in [-0.1, -0.05) is 18.2 Å². The molecule has 3 aromatic rings. The van der Waals surface area contributed by atoms with E-state index in [-0.39, 0.29) is 17.1 Å². The lowest BCUT2D eigenvalue weighted by Gasteiger charge is -2.14. The maximum Gasteiger partial charge on any atom is 0.341 e. The van der Waals surface area contributed by atoms with E-state index in [4.69, 9.17) is 14.6 Å². The first-order valence-corrected chi connectivity index (χ1v) is 7.70. The summed E-state index contributed by atoms with van der Waals surface area (Å²) < 4.78 is 10.9. The average molecular weight is 340 g/mol. The van der Waals surface area contributed by atoms with Crippen LogP contribution in [-0.2, 0) is 4.79 Å². The van der Waals surface area contributed by atoms with Crippen LogP contribution in [-0.4, -0.2) is 34.3 Å². The molecule has 128 valence electrons. The molecule has 2 aromatic carbocycles. The fourth-order valence-electron chi connectivity index (χ4n) is 2.47. The third-order valence-electron chi connectivity index (χ3n) is 3.49. The number of hydrogen-bond donors (Lipinski definition) is 2. The molecule has 0 saturated carbocycles. The predicted octanol–water partition coefficient (Wildman–Crippen LogP) is 2.45. The zero-order chi connectivity index (χ0) is 17.8. The minimum absolute atomic E-state index is 0.227. The molecule has 0 aliphatic carbocycles. The van der Waals surface area contributed by atoms with Crippen LogP contribution in [0.3, 0.4) is 0 Å². The number of hydrogen-bond acceptors (Lipinski definition) is 5. The Hall–Kier alpha value is -3.35. The highest BCUT2D eigenvalue weighted by atomic mass is 16.5. The van der Waals surface area contributed by atoms with E-state index in [1.165, 1.54) is 0 Å². The number of aromatic nitrogens is 2. The van der Waals surface area contributed by atoms with Gasteiger partial charge < -0.3 is 19.6 Å². The van der Waals surface area contributed by atoms with E-state index in [0.29, 0.717) is 28.8 Å². The standard InChI is InChI=1S/C18H16N2O5/c1-2-24-14-9-5-7-12(16(14)25-10-15(21)22)17-19-13-8-4-3-6-11(13)18(23)20-17/h3-9H,2,10H2,1H3,(H,21,22)(H,19,20,23). The fourth-order valence-corrected chi connectivity index (χ4v) is 2.47. The normalized spacial score (nSPS) is 10.6. The van der Waals surface area contributed by atoms with Crippen LogP contribution in [0.15, 0.2) is 47.3 Å². The molecule has 0 saturated heterocycles. The summed E-state index contributed by atoms with van der Waals surface area (Å²) in [6, 6.07) is 12.0. The molecule has 3 rings (SSSR count). The van der Waals surface area contributed by atoms with Gasteiger partial charge in [0.25, 0.3) is 5.56 Å². The first-order chi connectivity index (χ1) is 12.1. The zero-order valence-corrected chi connectivity index (χ0v) is 13.5. The lowest BCUT2D eigenvalue weighted by Crippen LogP contribution is -2.13. The summed E-state index contributed by atoms with van der Waals surface area (Å²) >= 11 is 0. The highest BCUT2D eigenvalue weighted by Gasteiger charge is 2.17. The number of nitrogens with one attached hydrogen (secondary N) is 1. The Balaban J connectivity index is 2.17. The van der Waals surface area contributed by atoms with Crippen molar-refractivity contribution in [3.8, 4) is 22.9 Å². The smallest absolute Gasteiger partial charge is 0.341 e.